The van der Waals surface area contributed by atoms with E-state index in [1.807, 2.05) is 6.07 Å². The van der Waals surface area contributed by atoms with Crippen molar-refractivity contribution >= 4 is 17.2 Å². The average molecular weight is 249 g/mol. The molecule has 17 heavy (non-hydrogen) atoms. The molecule has 1 aliphatic heterocycles. The lowest BCUT2D eigenvalue weighted by Crippen LogP contribution is -2.15. The number of thiophene rings is 1. The van der Waals surface area contributed by atoms with Crippen LogP contribution in [0, 0.1) is 0 Å². The average Bonchev–Trinajstić information content (AvgIpc) is 2.99. The van der Waals surface area contributed by atoms with E-state index in [-0.39, 0.29) is 0 Å². The number of nitrogen functional groups attached to an aromatic ring is 1. The first-order chi connectivity index (χ1) is 8.36. The van der Waals surface area contributed by atoms with E-state index in [0.717, 1.165) is 31.6 Å². The number of aromatic nitrogens is 2. The van der Waals surface area contributed by atoms with Crippen LogP contribution in [-0.4, -0.2) is 23.4 Å². The van der Waals surface area contributed by atoms with Gasteiger partial charge < -0.3 is 10.5 Å². The molecule has 0 unspecified atom stereocenters. The highest BCUT2D eigenvalue weighted by atomic mass is 32.1. The third-order valence-electron chi connectivity index (χ3n) is 3.22. The molecule has 0 saturated carbocycles. The fourth-order valence-electron chi connectivity index (χ4n) is 2.33. The van der Waals surface area contributed by atoms with Crippen molar-refractivity contribution in [2.45, 2.75) is 18.8 Å². The summed E-state index contributed by atoms with van der Waals surface area (Å²) in [5.74, 6) is 1.10. The van der Waals surface area contributed by atoms with Gasteiger partial charge in [-0.15, -0.1) is 11.3 Å². The Labute approximate surface area is 104 Å². The van der Waals surface area contributed by atoms with Crippen LogP contribution in [-0.2, 0) is 4.74 Å². The zero-order chi connectivity index (χ0) is 11.7. The summed E-state index contributed by atoms with van der Waals surface area (Å²) in [6, 6.07) is 4.13. The van der Waals surface area contributed by atoms with E-state index in [1.54, 1.807) is 11.3 Å². The summed E-state index contributed by atoms with van der Waals surface area (Å²) in [6.07, 6.45) is 2.08. The molecule has 3 rings (SSSR count). The number of H-pyrrole nitrogens is 1. The van der Waals surface area contributed by atoms with Gasteiger partial charge in [-0.1, -0.05) is 6.07 Å². The van der Waals surface area contributed by atoms with Gasteiger partial charge in [0.25, 0.3) is 0 Å². The SMILES string of the molecule is Nc1n[nH]c(C2CCOCC2)c1-c1cccs1. The van der Waals surface area contributed by atoms with Crippen LogP contribution in [0.4, 0.5) is 5.82 Å². The van der Waals surface area contributed by atoms with Crippen LogP contribution in [0.2, 0.25) is 0 Å². The van der Waals surface area contributed by atoms with Crippen molar-refractivity contribution in [3.05, 3.63) is 23.2 Å². The summed E-state index contributed by atoms with van der Waals surface area (Å²) in [5, 5.41) is 9.34. The number of nitrogens with two attached hydrogens (primary N) is 1. The lowest BCUT2D eigenvalue weighted by molar-refractivity contribution is 0.0846. The molecule has 0 spiro atoms. The van der Waals surface area contributed by atoms with E-state index in [4.69, 9.17) is 10.5 Å². The number of hydrogen-bond donors (Lipinski definition) is 2. The van der Waals surface area contributed by atoms with E-state index in [2.05, 4.69) is 21.6 Å². The van der Waals surface area contributed by atoms with Crippen molar-refractivity contribution in [2.75, 3.05) is 18.9 Å². The van der Waals surface area contributed by atoms with E-state index in [1.165, 1.54) is 10.6 Å². The van der Waals surface area contributed by atoms with Crippen molar-refractivity contribution in [3.63, 3.8) is 0 Å². The second-order valence-electron chi connectivity index (χ2n) is 4.26. The minimum absolute atomic E-state index is 0.491. The summed E-state index contributed by atoms with van der Waals surface area (Å²) < 4.78 is 5.40. The highest BCUT2D eigenvalue weighted by Crippen LogP contribution is 2.38. The Bertz CT molecular complexity index is 486. The zero-order valence-corrected chi connectivity index (χ0v) is 10.3. The molecule has 2 aromatic heterocycles. The molecule has 1 aliphatic rings. The standard InChI is InChI=1S/C12H15N3OS/c13-12-10(9-2-1-7-17-9)11(14-15-12)8-3-5-16-6-4-8/h1-2,7-8H,3-6H2,(H3,13,14,15). The van der Waals surface area contributed by atoms with Crippen molar-refractivity contribution in [3.8, 4) is 10.4 Å². The Morgan fingerprint density at radius 2 is 2.24 bits per heavy atom. The van der Waals surface area contributed by atoms with E-state index in [9.17, 15) is 0 Å². The Morgan fingerprint density at radius 1 is 1.41 bits per heavy atom. The number of hydrogen-bond acceptors (Lipinski definition) is 4. The first-order valence-electron chi connectivity index (χ1n) is 5.81. The Balaban J connectivity index is 1.99. The highest BCUT2D eigenvalue weighted by Gasteiger charge is 2.23. The summed E-state index contributed by atoms with van der Waals surface area (Å²) >= 11 is 1.70. The van der Waals surface area contributed by atoms with Crippen LogP contribution in [0.25, 0.3) is 10.4 Å². The zero-order valence-electron chi connectivity index (χ0n) is 9.48. The van der Waals surface area contributed by atoms with Crippen LogP contribution in [0.1, 0.15) is 24.5 Å². The minimum atomic E-state index is 0.491. The van der Waals surface area contributed by atoms with Gasteiger partial charge in [-0.05, 0) is 24.3 Å². The third kappa shape index (κ3) is 1.96. The van der Waals surface area contributed by atoms with Crippen LogP contribution in [0.3, 0.4) is 0 Å². The van der Waals surface area contributed by atoms with Crippen LogP contribution in [0.5, 0.6) is 0 Å². The van der Waals surface area contributed by atoms with E-state index >= 15 is 0 Å². The van der Waals surface area contributed by atoms with E-state index in [0.29, 0.717) is 11.7 Å². The largest absolute Gasteiger partial charge is 0.382 e. The topological polar surface area (TPSA) is 63.9 Å². The third-order valence-corrected chi connectivity index (χ3v) is 4.11. The van der Waals surface area contributed by atoms with Crippen molar-refractivity contribution in [2.24, 2.45) is 0 Å². The molecule has 2 aromatic rings. The van der Waals surface area contributed by atoms with Crippen molar-refractivity contribution in [1.82, 2.24) is 10.2 Å². The lowest BCUT2D eigenvalue weighted by atomic mass is 9.93. The molecule has 0 bridgehead atoms. The van der Waals surface area contributed by atoms with Crippen LogP contribution < -0.4 is 5.73 Å². The molecule has 0 aromatic carbocycles. The molecule has 0 radical (unpaired) electrons. The van der Waals surface area contributed by atoms with Gasteiger partial charge in [0.1, 0.15) is 0 Å². The first kappa shape index (κ1) is 10.8. The molecule has 3 N–H and O–H groups in total. The number of nitrogens with one attached hydrogen (secondary N) is 1. The van der Waals surface area contributed by atoms with Crippen molar-refractivity contribution < 1.29 is 4.74 Å². The van der Waals surface area contributed by atoms with Gasteiger partial charge in [0.15, 0.2) is 5.82 Å². The summed E-state index contributed by atoms with van der Waals surface area (Å²) in [4.78, 5) is 1.19. The van der Waals surface area contributed by atoms with Gasteiger partial charge in [-0.2, -0.15) is 5.10 Å². The molecular weight excluding hydrogens is 234 g/mol. The maximum absolute atomic E-state index is 5.97. The maximum atomic E-state index is 5.97. The first-order valence-corrected chi connectivity index (χ1v) is 6.69. The Hall–Kier alpha value is -1.33. The fraction of sp³-hybridized carbons (Fsp3) is 0.417. The number of ether oxygens (including phenoxy) is 1. The molecule has 90 valence electrons. The molecular formula is C12H15N3OS. The monoisotopic (exact) mass is 249 g/mol. The number of nitrogens with zero attached hydrogens (tertiary/aromatic N) is 1. The molecule has 0 atom stereocenters. The second kappa shape index (κ2) is 4.50. The summed E-state index contributed by atoms with van der Waals surface area (Å²) in [5.41, 5.74) is 8.24. The van der Waals surface area contributed by atoms with Gasteiger partial charge in [-0.3, -0.25) is 5.10 Å². The minimum Gasteiger partial charge on any atom is -0.382 e. The fourth-order valence-corrected chi connectivity index (χ4v) is 3.12. The van der Waals surface area contributed by atoms with Gasteiger partial charge >= 0.3 is 0 Å². The maximum Gasteiger partial charge on any atom is 0.154 e. The predicted molar refractivity (Wildman–Crippen MR) is 69.1 cm³/mol. The number of rotatable bonds is 2. The molecule has 1 saturated heterocycles. The second-order valence-corrected chi connectivity index (χ2v) is 5.21. The summed E-state index contributed by atoms with van der Waals surface area (Å²) in [6.45, 7) is 1.65. The number of aromatic amines is 1. The van der Waals surface area contributed by atoms with Gasteiger partial charge in [0, 0.05) is 29.7 Å². The Morgan fingerprint density at radius 3 is 2.94 bits per heavy atom. The van der Waals surface area contributed by atoms with Crippen LogP contribution >= 0.6 is 11.3 Å². The predicted octanol–water partition coefficient (Wildman–Crippen LogP) is 2.61. The molecule has 0 amide bonds. The molecule has 5 heteroatoms. The normalized spacial score (nSPS) is 17.4. The Kier molecular flexibility index (Phi) is 2.86. The lowest BCUT2D eigenvalue weighted by Gasteiger charge is -2.21. The summed E-state index contributed by atoms with van der Waals surface area (Å²) in [7, 11) is 0. The smallest absolute Gasteiger partial charge is 0.154 e. The molecule has 4 nitrogen and oxygen atoms in total. The quantitative estimate of drug-likeness (QED) is 0.860. The van der Waals surface area contributed by atoms with Gasteiger partial charge in [0.05, 0.1) is 5.56 Å². The number of anilines is 1. The van der Waals surface area contributed by atoms with Crippen LogP contribution in [0.15, 0.2) is 17.5 Å². The molecule has 1 fully saturated rings. The van der Waals surface area contributed by atoms with Gasteiger partial charge in [0.2, 0.25) is 0 Å². The van der Waals surface area contributed by atoms with Crippen molar-refractivity contribution in [1.29, 1.82) is 0 Å². The highest BCUT2D eigenvalue weighted by molar-refractivity contribution is 7.13. The van der Waals surface area contributed by atoms with E-state index < -0.39 is 0 Å². The molecule has 3 heterocycles. The molecule has 0 aliphatic carbocycles. The van der Waals surface area contributed by atoms with Gasteiger partial charge in [-0.25, -0.2) is 0 Å².